The Hall–Kier alpha value is -1.79. The Bertz CT molecular complexity index is 689. The van der Waals surface area contributed by atoms with Gasteiger partial charge in [0.2, 0.25) is 5.91 Å². The zero-order chi connectivity index (χ0) is 19.4. The first-order chi connectivity index (χ1) is 13.0. The van der Waals surface area contributed by atoms with Gasteiger partial charge in [-0.1, -0.05) is 11.6 Å². The molecule has 2 saturated heterocycles. The summed E-state index contributed by atoms with van der Waals surface area (Å²) < 4.78 is 5.30. The number of carbonyl (C=O) groups excluding carboxylic acids is 2. The predicted molar refractivity (Wildman–Crippen MR) is 105 cm³/mol. The lowest BCUT2D eigenvalue weighted by atomic mass is 9.93. The maximum absolute atomic E-state index is 12.9. The monoisotopic (exact) mass is 393 g/mol. The minimum atomic E-state index is -0.0894. The highest BCUT2D eigenvalue weighted by Gasteiger charge is 2.33. The number of likely N-dealkylation sites (tertiary alicyclic amines) is 2. The quantitative estimate of drug-likeness (QED) is 0.853. The van der Waals surface area contributed by atoms with Crippen LogP contribution in [0.2, 0.25) is 5.02 Å². The summed E-state index contributed by atoms with van der Waals surface area (Å²) in [5, 5.41) is 3.79. The van der Waals surface area contributed by atoms with Crippen molar-refractivity contribution in [3.63, 3.8) is 0 Å². The zero-order valence-corrected chi connectivity index (χ0v) is 16.8. The smallest absolute Gasteiger partial charge is 0.257 e. The van der Waals surface area contributed by atoms with Crippen LogP contribution in [0.15, 0.2) is 18.2 Å². The second-order valence-corrected chi connectivity index (χ2v) is 7.76. The van der Waals surface area contributed by atoms with Gasteiger partial charge in [-0.15, -0.1) is 0 Å². The van der Waals surface area contributed by atoms with Crippen LogP contribution in [0, 0.1) is 5.92 Å². The van der Waals surface area contributed by atoms with Crippen molar-refractivity contribution in [3.05, 3.63) is 28.8 Å². The molecule has 2 aliphatic heterocycles. The largest absolute Gasteiger partial charge is 0.496 e. The van der Waals surface area contributed by atoms with Crippen LogP contribution in [-0.4, -0.2) is 68.0 Å². The van der Waals surface area contributed by atoms with Gasteiger partial charge in [0, 0.05) is 43.2 Å². The number of nitrogens with zero attached hydrogens (tertiary/aromatic N) is 2. The van der Waals surface area contributed by atoms with E-state index in [-0.39, 0.29) is 17.7 Å². The lowest BCUT2D eigenvalue weighted by Crippen LogP contribution is -2.50. The van der Waals surface area contributed by atoms with E-state index >= 15 is 0 Å². The Labute approximate surface area is 165 Å². The molecular weight excluding hydrogens is 366 g/mol. The van der Waals surface area contributed by atoms with Crippen molar-refractivity contribution in [3.8, 4) is 5.75 Å². The number of rotatable bonds is 4. The fourth-order valence-electron chi connectivity index (χ4n) is 4.02. The number of amides is 2. The first kappa shape index (κ1) is 20.0. The van der Waals surface area contributed by atoms with Crippen molar-refractivity contribution in [1.82, 2.24) is 15.1 Å². The molecule has 0 aliphatic carbocycles. The Morgan fingerprint density at radius 3 is 2.56 bits per heavy atom. The van der Waals surface area contributed by atoms with Crippen molar-refractivity contribution >= 4 is 23.4 Å². The normalized spacial score (nSPS) is 21.2. The number of methoxy groups -OCH3 is 1. The highest BCUT2D eigenvalue weighted by atomic mass is 35.5. The van der Waals surface area contributed by atoms with Crippen LogP contribution < -0.4 is 10.1 Å². The van der Waals surface area contributed by atoms with Crippen molar-refractivity contribution in [2.45, 2.75) is 31.7 Å². The molecule has 1 atom stereocenters. The number of hydrogen-bond acceptors (Lipinski definition) is 4. The van der Waals surface area contributed by atoms with Gasteiger partial charge in [0.1, 0.15) is 5.75 Å². The molecule has 148 valence electrons. The standard InChI is InChI=1S/C20H28ClN3O3/c1-22-16-4-3-9-24(13-16)19(25)14-7-10-23(11-8-14)20(26)17-12-15(21)5-6-18(17)27-2/h5-6,12,14,16,22H,3-4,7-11,13H2,1-2H3. The van der Waals surface area contributed by atoms with E-state index in [1.165, 1.54) is 0 Å². The summed E-state index contributed by atoms with van der Waals surface area (Å²) >= 11 is 6.05. The van der Waals surface area contributed by atoms with Crippen molar-refractivity contribution < 1.29 is 14.3 Å². The third kappa shape index (κ3) is 4.55. The van der Waals surface area contributed by atoms with E-state index in [1.807, 2.05) is 11.9 Å². The van der Waals surface area contributed by atoms with Crippen molar-refractivity contribution in [2.24, 2.45) is 5.92 Å². The van der Waals surface area contributed by atoms with Gasteiger partial charge in [-0.2, -0.15) is 0 Å². The van der Waals surface area contributed by atoms with Gasteiger partial charge in [-0.05, 0) is 50.9 Å². The van der Waals surface area contributed by atoms with Gasteiger partial charge >= 0.3 is 0 Å². The first-order valence-electron chi connectivity index (χ1n) is 9.62. The second kappa shape index (κ2) is 8.93. The number of ether oxygens (including phenoxy) is 1. The van der Waals surface area contributed by atoms with Crippen LogP contribution in [0.1, 0.15) is 36.0 Å². The molecule has 2 amide bonds. The lowest BCUT2D eigenvalue weighted by Gasteiger charge is -2.37. The zero-order valence-electron chi connectivity index (χ0n) is 16.0. The summed E-state index contributed by atoms with van der Waals surface area (Å²) in [6, 6.07) is 5.45. The molecule has 3 rings (SSSR count). The molecule has 2 fully saturated rings. The first-order valence-corrected chi connectivity index (χ1v) is 10.00. The lowest BCUT2D eigenvalue weighted by molar-refractivity contribution is -0.138. The summed E-state index contributed by atoms with van der Waals surface area (Å²) in [7, 11) is 3.49. The van der Waals surface area contributed by atoms with Gasteiger partial charge in [0.15, 0.2) is 0 Å². The molecule has 1 unspecified atom stereocenters. The fourth-order valence-corrected chi connectivity index (χ4v) is 4.19. The van der Waals surface area contributed by atoms with Crippen LogP contribution in [0.4, 0.5) is 0 Å². The third-order valence-corrected chi connectivity index (χ3v) is 5.90. The van der Waals surface area contributed by atoms with E-state index < -0.39 is 0 Å². The Morgan fingerprint density at radius 1 is 1.15 bits per heavy atom. The van der Waals surface area contributed by atoms with Crippen LogP contribution >= 0.6 is 11.6 Å². The molecule has 0 bridgehead atoms. The number of likely N-dealkylation sites (N-methyl/N-ethyl adjacent to an activating group) is 1. The summed E-state index contributed by atoms with van der Waals surface area (Å²) in [6.07, 6.45) is 3.57. The highest BCUT2D eigenvalue weighted by molar-refractivity contribution is 6.31. The summed E-state index contributed by atoms with van der Waals surface area (Å²) in [5.41, 5.74) is 0.475. The Morgan fingerprint density at radius 2 is 1.89 bits per heavy atom. The number of hydrogen-bond donors (Lipinski definition) is 1. The van der Waals surface area contributed by atoms with Crippen LogP contribution in [-0.2, 0) is 4.79 Å². The maximum Gasteiger partial charge on any atom is 0.257 e. The molecule has 0 saturated carbocycles. The molecule has 0 spiro atoms. The average Bonchev–Trinajstić information content (AvgIpc) is 2.72. The molecule has 0 radical (unpaired) electrons. The number of carbonyl (C=O) groups is 2. The molecule has 27 heavy (non-hydrogen) atoms. The minimum Gasteiger partial charge on any atom is -0.496 e. The van der Waals surface area contributed by atoms with Gasteiger partial charge in [0.25, 0.3) is 5.91 Å². The number of benzene rings is 1. The van der Waals surface area contributed by atoms with E-state index in [2.05, 4.69) is 5.32 Å². The molecule has 2 heterocycles. The molecule has 2 aliphatic rings. The number of nitrogens with one attached hydrogen (secondary N) is 1. The highest BCUT2D eigenvalue weighted by Crippen LogP contribution is 2.27. The average molecular weight is 394 g/mol. The topological polar surface area (TPSA) is 61.9 Å². The molecule has 6 nitrogen and oxygen atoms in total. The Balaban J connectivity index is 1.59. The van der Waals surface area contributed by atoms with Gasteiger partial charge in [-0.25, -0.2) is 0 Å². The van der Waals surface area contributed by atoms with Crippen molar-refractivity contribution in [1.29, 1.82) is 0 Å². The Kier molecular flexibility index (Phi) is 6.60. The summed E-state index contributed by atoms with van der Waals surface area (Å²) in [6.45, 7) is 2.78. The minimum absolute atomic E-state index is 0.00547. The predicted octanol–water partition coefficient (Wildman–Crippen LogP) is 2.41. The fraction of sp³-hybridized carbons (Fsp3) is 0.600. The number of piperidine rings is 2. The van der Waals surface area contributed by atoms with Gasteiger partial charge in [-0.3, -0.25) is 9.59 Å². The SMILES string of the molecule is CNC1CCCN(C(=O)C2CCN(C(=O)c3cc(Cl)ccc3OC)CC2)C1. The van der Waals surface area contributed by atoms with E-state index in [1.54, 1.807) is 30.2 Å². The van der Waals surface area contributed by atoms with E-state index in [0.29, 0.717) is 48.3 Å². The molecule has 0 aromatic heterocycles. The van der Waals surface area contributed by atoms with E-state index in [4.69, 9.17) is 16.3 Å². The molecule has 1 N–H and O–H groups in total. The summed E-state index contributed by atoms with van der Waals surface area (Å²) in [5.74, 6) is 0.677. The number of halogens is 1. The maximum atomic E-state index is 12.9. The van der Waals surface area contributed by atoms with E-state index in [9.17, 15) is 9.59 Å². The van der Waals surface area contributed by atoms with Gasteiger partial charge < -0.3 is 19.9 Å². The van der Waals surface area contributed by atoms with Crippen LogP contribution in [0.3, 0.4) is 0 Å². The summed E-state index contributed by atoms with van der Waals surface area (Å²) in [4.78, 5) is 29.5. The molecule has 1 aromatic rings. The van der Waals surface area contributed by atoms with Crippen LogP contribution in [0.25, 0.3) is 0 Å². The van der Waals surface area contributed by atoms with Crippen molar-refractivity contribution in [2.75, 3.05) is 40.3 Å². The molecular formula is C20H28ClN3O3. The van der Waals surface area contributed by atoms with Crippen LogP contribution in [0.5, 0.6) is 5.75 Å². The van der Waals surface area contributed by atoms with E-state index in [0.717, 1.165) is 25.9 Å². The van der Waals surface area contributed by atoms with Gasteiger partial charge in [0.05, 0.1) is 12.7 Å². The second-order valence-electron chi connectivity index (χ2n) is 7.32. The third-order valence-electron chi connectivity index (χ3n) is 5.66. The molecule has 1 aromatic carbocycles. The molecule has 7 heteroatoms.